The van der Waals surface area contributed by atoms with Crippen molar-refractivity contribution in [1.29, 1.82) is 0 Å². The first-order chi connectivity index (χ1) is 9.92. The van der Waals surface area contributed by atoms with E-state index in [4.69, 9.17) is 4.74 Å². The van der Waals surface area contributed by atoms with Crippen molar-refractivity contribution in [2.45, 2.75) is 46.2 Å². The SMILES string of the molecule is C=C(C)/C(C)=C(\C=C/COC)CNC(C)CC(C)NC=O. The molecule has 0 aromatic carbocycles. The summed E-state index contributed by atoms with van der Waals surface area (Å²) in [6, 6.07) is 0.486. The van der Waals surface area contributed by atoms with Crippen molar-refractivity contribution < 1.29 is 9.53 Å². The Labute approximate surface area is 129 Å². The van der Waals surface area contributed by atoms with E-state index < -0.39 is 0 Å². The van der Waals surface area contributed by atoms with Crippen molar-refractivity contribution >= 4 is 6.41 Å². The fourth-order valence-electron chi connectivity index (χ4n) is 1.96. The highest BCUT2D eigenvalue weighted by atomic mass is 16.5. The number of carbonyl (C=O) groups is 1. The van der Waals surface area contributed by atoms with Gasteiger partial charge in [0.05, 0.1) is 6.61 Å². The van der Waals surface area contributed by atoms with Crippen molar-refractivity contribution in [3.63, 3.8) is 0 Å². The molecule has 0 aliphatic heterocycles. The van der Waals surface area contributed by atoms with Gasteiger partial charge in [0, 0.05) is 25.7 Å². The second-order valence-corrected chi connectivity index (χ2v) is 5.49. The summed E-state index contributed by atoms with van der Waals surface area (Å²) in [6.07, 6.45) is 5.73. The monoisotopic (exact) mass is 294 g/mol. The van der Waals surface area contributed by atoms with Gasteiger partial charge in [0.2, 0.25) is 6.41 Å². The molecule has 2 atom stereocenters. The van der Waals surface area contributed by atoms with Crippen molar-refractivity contribution in [3.05, 3.63) is 35.5 Å². The summed E-state index contributed by atoms with van der Waals surface area (Å²) in [7, 11) is 1.68. The molecule has 0 fully saturated rings. The minimum Gasteiger partial charge on any atom is -0.381 e. The molecular formula is C17H30N2O2. The number of ether oxygens (including phenoxy) is 1. The molecule has 4 nitrogen and oxygen atoms in total. The van der Waals surface area contributed by atoms with E-state index in [9.17, 15) is 4.79 Å². The molecule has 0 heterocycles. The van der Waals surface area contributed by atoms with Crippen LogP contribution in [0.3, 0.4) is 0 Å². The van der Waals surface area contributed by atoms with Gasteiger partial charge in [0.1, 0.15) is 0 Å². The Kier molecular flexibility index (Phi) is 10.5. The van der Waals surface area contributed by atoms with Crippen molar-refractivity contribution in [2.75, 3.05) is 20.3 Å². The third-order valence-corrected chi connectivity index (χ3v) is 3.40. The molecule has 0 aliphatic carbocycles. The average Bonchev–Trinajstić information content (AvgIpc) is 2.41. The number of carbonyl (C=O) groups excluding carboxylic acids is 1. The lowest BCUT2D eigenvalue weighted by molar-refractivity contribution is -0.110. The first kappa shape index (κ1) is 19.6. The maximum absolute atomic E-state index is 10.4. The molecule has 0 spiro atoms. The summed E-state index contributed by atoms with van der Waals surface area (Å²) in [5.41, 5.74) is 3.47. The lowest BCUT2D eigenvalue weighted by Gasteiger charge is -2.19. The molecule has 0 aromatic heterocycles. The molecule has 0 saturated heterocycles. The molecule has 2 unspecified atom stereocenters. The third-order valence-electron chi connectivity index (χ3n) is 3.40. The largest absolute Gasteiger partial charge is 0.381 e. The minimum atomic E-state index is 0.170. The van der Waals surface area contributed by atoms with E-state index in [1.54, 1.807) is 7.11 Å². The predicted molar refractivity (Wildman–Crippen MR) is 89.3 cm³/mol. The van der Waals surface area contributed by atoms with Crippen LogP contribution in [0.2, 0.25) is 0 Å². The number of rotatable bonds is 11. The lowest BCUT2D eigenvalue weighted by Crippen LogP contribution is -2.35. The van der Waals surface area contributed by atoms with E-state index in [0.29, 0.717) is 12.6 Å². The Morgan fingerprint density at radius 1 is 1.29 bits per heavy atom. The molecule has 120 valence electrons. The highest BCUT2D eigenvalue weighted by Gasteiger charge is 2.08. The van der Waals surface area contributed by atoms with Gasteiger partial charge in [-0.15, -0.1) is 0 Å². The van der Waals surface area contributed by atoms with E-state index in [0.717, 1.165) is 24.9 Å². The molecule has 21 heavy (non-hydrogen) atoms. The molecule has 0 aliphatic rings. The van der Waals surface area contributed by atoms with Gasteiger partial charge in [-0.05, 0) is 45.3 Å². The molecule has 0 saturated carbocycles. The van der Waals surface area contributed by atoms with E-state index >= 15 is 0 Å². The van der Waals surface area contributed by atoms with Crippen LogP contribution in [0.5, 0.6) is 0 Å². The molecule has 2 N–H and O–H groups in total. The highest BCUT2D eigenvalue weighted by molar-refractivity contribution is 5.46. The zero-order chi connectivity index (χ0) is 16.3. The maximum Gasteiger partial charge on any atom is 0.207 e. The van der Waals surface area contributed by atoms with Crippen LogP contribution in [0, 0.1) is 0 Å². The fourth-order valence-corrected chi connectivity index (χ4v) is 1.96. The van der Waals surface area contributed by atoms with Crippen molar-refractivity contribution in [2.24, 2.45) is 0 Å². The van der Waals surface area contributed by atoms with E-state index in [-0.39, 0.29) is 6.04 Å². The van der Waals surface area contributed by atoms with Crippen molar-refractivity contribution in [3.8, 4) is 0 Å². The molecule has 0 aromatic rings. The Morgan fingerprint density at radius 2 is 1.95 bits per heavy atom. The van der Waals surface area contributed by atoms with Crippen LogP contribution < -0.4 is 10.6 Å². The summed E-state index contributed by atoms with van der Waals surface area (Å²) in [5.74, 6) is 0. The predicted octanol–water partition coefficient (Wildman–Crippen LogP) is 2.58. The number of hydrogen-bond acceptors (Lipinski definition) is 3. The maximum atomic E-state index is 10.4. The molecular weight excluding hydrogens is 264 g/mol. The van der Waals surface area contributed by atoms with E-state index in [1.807, 2.05) is 19.9 Å². The van der Waals surface area contributed by atoms with Gasteiger partial charge in [-0.3, -0.25) is 4.79 Å². The van der Waals surface area contributed by atoms with Gasteiger partial charge in [-0.2, -0.15) is 0 Å². The van der Waals surface area contributed by atoms with Crippen LogP contribution >= 0.6 is 0 Å². The number of amides is 1. The summed E-state index contributed by atoms with van der Waals surface area (Å²) < 4.78 is 5.04. The van der Waals surface area contributed by atoms with Crippen LogP contribution in [-0.4, -0.2) is 38.8 Å². The van der Waals surface area contributed by atoms with Gasteiger partial charge in [-0.1, -0.05) is 24.3 Å². The Balaban J connectivity index is 4.59. The van der Waals surface area contributed by atoms with Crippen LogP contribution in [0.1, 0.15) is 34.1 Å². The van der Waals surface area contributed by atoms with Gasteiger partial charge in [0.15, 0.2) is 0 Å². The zero-order valence-corrected chi connectivity index (χ0v) is 14.0. The average molecular weight is 294 g/mol. The Morgan fingerprint density at radius 3 is 2.48 bits per heavy atom. The summed E-state index contributed by atoms with van der Waals surface area (Å²) in [5, 5.41) is 6.26. The topological polar surface area (TPSA) is 50.4 Å². The van der Waals surface area contributed by atoms with Crippen LogP contribution in [-0.2, 0) is 9.53 Å². The highest BCUT2D eigenvalue weighted by Crippen LogP contribution is 2.13. The van der Waals surface area contributed by atoms with Gasteiger partial charge >= 0.3 is 0 Å². The van der Waals surface area contributed by atoms with Gasteiger partial charge in [-0.25, -0.2) is 0 Å². The standard InChI is InChI=1S/C17H30N2O2/c1-13(2)16(5)17(8-7-9-21-6)11-18-14(3)10-15(4)19-12-20/h7-8,12,14-15,18H,1,9-11H2,2-6H3,(H,19,20)/b8-7-,17-16+. The first-order valence-corrected chi connectivity index (χ1v) is 7.36. The Bertz CT molecular complexity index is 386. The summed E-state index contributed by atoms with van der Waals surface area (Å²) in [4.78, 5) is 10.4. The summed E-state index contributed by atoms with van der Waals surface area (Å²) in [6.45, 7) is 13.6. The molecule has 4 heteroatoms. The number of hydrogen-bond donors (Lipinski definition) is 2. The first-order valence-electron chi connectivity index (χ1n) is 7.36. The van der Waals surface area contributed by atoms with Gasteiger partial charge in [0.25, 0.3) is 0 Å². The van der Waals surface area contributed by atoms with Crippen LogP contribution in [0.25, 0.3) is 0 Å². The Hall–Kier alpha value is -1.39. The normalized spacial score (nSPS) is 15.5. The number of nitrogens with one attached hydrogen (secondary N) is 2. The zero-order valence-electron chi connectivity index (χ0n) is 14.0. The fraction of sp³-hybridized carbons (Fsp3) is 0.588. The van der Waals surface area contributed by atoms with E-state index in [1.165, 1.54) is 11.1 Å². The van der Waals surface area contributed by atoms with Crippen LogP contribution in [0.15, 0.2) is 35.5 Å². The second kappa shape index (κ2) is 11.3. The number of allylic oxidation sites excluding steroid dienone is 2. The smallest absolute Gasteiger partial charge is 0.207 e. The third kappa shape index (κ3) is 9.21. The minimum absolute atomic E-state index is 0.170. The van der Waals surface area contributed by atoms with Gasteiger partial charge < -0.3 is 15.4 Å². The van der Waals surface area contributed by atoms with E-state index in [2.05, 4.69) is 37.1 Å². The quantitative estimate of drug-likeness (QED) is 0.455. The summed E-state index contributed by atoms with van der Waals surface area (Å²) >= 11 is 0. The number of methoxy groups -OCH3 is 1. The second-order valence-electron chi connectivity index (χ2n) is 5.49. The lowest BCUT2D eigenvalue weighted by atomic mass is 10.0. The van der Waals surface area contributed by atoms with Crippen molar-refractivity contribution in [1.82, 2.24) is 10.6 Å². The van der Waals surface area contributed by atoms with Crippen LogP contribution in [0.4, 0.5) is 0 Å². The molecule has 0 rings (SSSR count). The molecule has 0 bridgehead atoms. The molecule has 1 amide bonds. The molecule has 0 radical (unpaired) electrons.